The van der Waals surface area contributed by atoms with Gasteiger partial charge in [0.05, 0.1) is 5.56 Å². The first-order chi connectivity index (χ1) is 8.06. The maximum Gasteiger partial charge on any atom is 0.171 e. The zero-order valence-corrected chi connectivity index (χ0v) is 10.9. The van der Waals surface area contributed by atoms with E-state index >= 15 is 0 Å². The summed E-state index contributed by atoms with van der Waals surface area (Å²) in [6, 6.07) is 4.79. The molecule has 0 fully saturated rings. The molecular weight excluding hydrogens is 310 g/mol. The lowest BCUT2D eigenvalue weighted by atomic mass is 10.1. The quantitative estimate of drug-likeness (QED) is 0.775. The number of benzene rings is 1. The zero-order valence-electron chi connectivity index (χ0n) is 8.54. The van der Waals surface area contributed by atoms with Crippen molar-refractivity contribution < 1.29 is 13.6 Å². The number of hydrogen-bond acceptors (Lipinski definition) is 2. The maximum absolute atomic E-state index is 13.3. The van der Waals surface area contributed by atoms with E-state index in [2.05, 4.69) is 15.9 Å². The molecule has 0 aliphatic heterocycles. The number of thiophene rings is 1. The van der Waals surface area contributed by atoms with Crippen LogP contribution in [0.15, 0.2) is 34.1 Å². The fourth-order valence-electron chi connectivity index (χ4n) is 1.42. The lowest BCUT2D eigenvalue weighted by molar-refractivity contribution is 0.0990. The Morgan fingerprint density at radius 2 is 2.06 bits per heavy atom. The minimum Gasteiger partial charge on any atom is -0.294 e. The Bertz CT molecular complexity index is 565. The van der Waals surface area contributed by atoms with Crippen LogP contribution in [-0.4, -0.2) is 5.78 Å². The minimum atomic E-state index is -0.814. The average Bonchev–Trinajstić information content (AvgIpc) is 2.63. The Balaban J connectivity index is 2.20. The molecule has 0 N–H and O–H groups in total. The van der Waals surface area contributed by atoms with Gasteiger partial charge in [0.25, 0.3) is 0 Å². The summed E-state index contributed by atoms with van der Waals surface area (Å²) >= 11 is 4.70. The van der Waals surface area contributed by atoms with Crippen LogP contribution in [0.4, 0.5) is 8.78 Å². The summed E-state index contributed by atoms with van der Waals surface area (Å²) in [4.78, 5) is 12.6. The number of halogens is 3. The van der Waals surface area contributed by atoms with Crippen molar-refractivity contribution >= 4 is 33.0 Å². The van der Waals surface area contributed by atoms with E-state index in [4.69, 9.17) is 0 Å². The molecular formula is C12H7BrF2OS. The highest BCUT2D eigenvalue weighted by Crippen LogP contribution is 2.22. The topological polar surface area (TPSA) is 17.1 Å². The van der Waals surface area contributed by atoms with Crippen LogP contribution in [0.5, 0.6) is 0 Å². The third-order valence-electron chi connectivity index (χ3n) is 2.19. The molecule has 0 aliphatic rings. The van der Waals surface area contributed by atoms with Gasteiger partial charge < -0.3 is 0 Å². The molecule has 88 valence electrons. The molecule has 2 aromatic rings. The SMILES string of the molecule is O=C(Cc1cc(Br)cs1)c1ccc(F)cc1F. The molecule has 0 saturated heterocycles. The van der Waals surface area contributed by atoms with Gasteiger partial charge in [-0.2, -0.15) is 0 Å². The zero-order chi connectivity index (χ0) is 12.4. The van der Waals surface area contributed by atoms with Crippen molar-refractivity contribution in [3.63, 3.8) is 0 Å². The highest BCUT2D eigenvalue weighted by molar-refractivity contribution is 9.10. The van der Waals surface area contributed by atoms with Crippen LogP contribution in [0.25, 0.3) is 0 Å². The first-order valence-corrected chi connectivity index (χ1v) is 6.44. The molecule has 0 amide bonds. The molecule has 1 nitrogen and oxygen atoms in total. The Morgan fingerprint density at radius 3 is 2.65 bits per heavy atom. The third kappa shape index (κ3) is 2.98. The highest BCUT2D eigenvalue weighted by Gasteiger charge is 2.13. The Labute approximate surface area is 109 Å². The summed E-state index contributed by atoms with van der Waals surface area (Å²) in [5.74, 6) is -1.85. The first kappa shape index (κ1) is 12.4. The smallest absolute Gasteiger partial charge is 0.171 e. The molecule has 0 aliphatic carbocycles. The Kier molecular flexibility index (Phi) is 3.69. The fourth-order valence-corrected chi connectivity index (χ4v) is 2.87. The van der Waals surface area contributed by atoms with Gasteiger partial charge in [0.15, 0.2) is 5.78 Å². The van der Waals surface area contributed by atoms with Gasteiger partial charge in [-0.1, -0.05) is 0 Å². The normalized spacial score (nSPS) is 10.5. The lowest BCUT2D eigenvalue weighted by Gasteiger charge is -2.01. The number of rotatable bonds is 3. The number of carbonyl (C=O) groups is 1. The van der Waals surface area contributed by atoms with Gasteiger partial charge >= 0.3 is 0 Å². The molecule has 0 unspecified atom stereocenters. The second-order valence-corrected chi connectivity index (χ2v) is 5.37. The van der Waals surface area contributed by atoms with Gasteiger partial charge in [-0.05, 0) is 34.1 Å². The summed E-state index contributed by atoms with van der Waals surface area (Å²) in [6.07, 6.45) is 0.124. The molecule has 17 heavy (non-hydrogen) atoms. The number of hydrogen-bond donors (Lipinski definition) is 0. The first-order valence-electron chi connectivity index (χ1n) is 4.77. The second kappa shape index (κ2) is 5.06. The Morgan fingerprint density at radius 1 is 1.29 bits per heavy atom. The molecule has 5 heteroatoms. The standard InChI is InChI=1S/C12H7BrF2OS/c13-7-3-9(17-6-7)5-12(16)10-2-1-8(14)4-11(10)15/h1-4,6H,5H2. The monoisotopic (exact) mass is 316 g/mol. The molecule has 2 rings (SSSR count). The molecule has 0 radical (unpaired) electrons. The van der Waals surface area contributed by atoms with E-state index in [1.165, 1.54) is 17.4 Å². The maximum atomic E-state index is 13.3. The molecule has 0 bridgehead atoms. The molecule has 1 aromatic carbocycles. The van der Waals surface area contributed by atoms with E-state index in [-0.39, 0.29) is 17.8 Å². The summed E-state index contributed by atoms with van der Waals surface area (Å²) in [5.41, 5.74) is -0.0732. The van der Waals surface area contributed by atoms with Crippen LogP contribution in [0, 0.1) is 11.6 Å². The van der Waals surface area contributed by atoms with E-state index in [0.717, 1.165) is 21.5 Å². The van der Waals surface area contributed by atoms with Crippen LogP contribution in [-0.2, 0) is 6.42 Å². The summed E-state index contributed by atoms with van der Waals surface area (Å²) in [6.45, 7) is 0. The predicted molar refractivity (Wildman–Crippen MR) is 66.4 cm³/mol. The number of carbonyl (C=O) groups excluding carboxylic acids is 1. The molecule has 0 atom stereocenters. The largest absolute Gasteiger partial charge is 0.294 e. The Hall–Kier alpha value is -1.07. The van der Waals surface area contributed by atoms with Gasteiger partial charge in [0.2, 0.25) is 0 Å². The van der Waals surface area contributed by atoms with Crippen LogP contribution in [0.3, 0.4) is 0 Å². The second-order valence-electron chi connectivity index (χ2n) is 3.46. The van der Waals surface area contributed by atoms with E-state index in [0.29, 0.717) is 0 Å². The fraction of sp³-hybridized carbons (Fsp3) is 0.0833. The lowest BCUT2D eigenvalue weighted by Crippen LogP contribution is -2.05. The molecule has 0 saturated carbocycles. The summed E-state index contributed by atoms with van der Waals surface area (Å²) in [5, 5.41) is 1.85. The van der Waals surface area contributed by atoms with Crippen LogP contribution < -0.4 is 0 Å². The van der Waals surface area contributed by atoms with Gasteiger partial charge in [-0.3, -0.25) is 4.79 Å². The predicted octanol–water partition coefficient (Wildman–Crippen LogP) is 4.21. The van der Waals surface area contributed by atoms with Crippen molar-refractivity contribution in [1.82, 2.24) is 0 Å². The summed E-state index contributed by atoms with van der Waals surface area (Å²) in [7, 11) is 0. The van der Waals surface area contributed by atoms with Crippen molar-refractivity contribution in [3.05, 3.63) is 56.2 Å². The number of Topliss-reactive ketones (excluding diaryl/α,β-unsaturated/α-hetero) is 1. The van der Waals surface area contributed by atoms with Crippen LogP contribution in [0.1, 0.15) is 15.2 Å². The molecule has 0 spiro atoms. The van der Waals surface area contributed by atoms with E-state index < -0.39 is 11.6 Å². The highest BCUT2D eigenvalue weighted by atomic mass is 79.9. The van der Waals surface area contributed by atoms with Crippen molar-refractivity contribution in [2.24, 2.45) is 0 Å². The van der Waals surface area contributed by atoms with Crippen LogP contribution in [0.2, 0.25) is 0 Å². The van der Waals surface area contributed by atoms with E-state index in [1.54, 1.807) is 0 Å². The summed E-state index contributed by atoms with van der Waals surface area (Å²) < 4.78 is 26.9. The van der Waals surface area contributed by atoms with E-state index in [9.17, 15) is 13.6 Å². The van der Waals surface area contributed by atoms with Gasteiger partial charge in [0.1, 0.15) is 11.6 Å². The van der Waals surface area contributed by atoms with Gasteiger partial charge in [-0.15, -0.1) is 11.3 Å². The van der Waals surface area contributed by atoms with Gasteiger partial charge in [-0.25, -0.2) is 8.78 Å². The van der Waals surface area contributed by atoms with Crippen LogP contribution >= 0.6 is 27.3 Å². The molecule has 1 aromatic heterocycles. The van der Waals surface area contributed by atoms with E-state index in [1.807, 2.05) is 11.4 Å². The van der Waals surface area contributed by atoms with Crippen molar-refractivity contribution in [2.45, 2.75) is 6.42 Å². The average molecular weight is 317 g/mol. The van der Waals surface area contributed by atoms with Gasteiger partial charge in [0, 0.05) is 27.2 Å². The third-order valence-corrected chi connectivity index (χ3v) is 3.89. The minimum absolute atomic E-state index is 0.0732. The number of ketones is 1. The van der Waals surface area contributed by atoms with Crippen molar-refractivity contribution in [2.75, 3.05) is 0 Å². The van der Waals surface area contributed by atoms with Crippen molar-refractivity contribution in [3.8, 4) is 0 Å². The van der Waals surface area contributed by atoms with Crippen molar-refractivity contribution in [1.29, 1.82) is 0 Å². The molecule has 1 heterocycles.